The second-order valence-corrected chi connectivity index (χ2v) is 4.28. The number of hydrogen-bond donors (Lipinski definition) is 0. The van der Waals surface area contributed by atoms with Gasteiger partial charge in [-0.25, -0.2) is 0 Å². The summed E-state index contributed by atoms with van der Waals surface area (Å²) in [5.41, 5.74) is 1.81. The van der Waals surface area contributed by atoms with Crippen molar-refractivity contribution >= 4 is 0 Å². The molecule has 0 aliphatic rings. The van der Waals surface area contributed by atoms with Gasteiger partial charge in [0.05, 0.1) is 0 Å². The Morgan fingerprint density at radius 2 is 1.92 bits per heavy atom. The monoisotopic (exact) mass is 166 g/mol. The summed E-state index contributed by atoms with van der Waals surface area (Å²) in [6.45, 7) is 15.0. The summed E-state index contributed by atoms with van der Waals surface area (Å²) in [5, 5.41) is 0. The molecule has 0 heterocycles. The van der Waals surface area contributed by atoms with E-state index in [0.717, 1.165) is 6.42 Å². The van der Waals surface area contributed by atoms with Crippen LogP contribution in [0.25, 0.3) is 0 Å². The number of allylic oxidation sites excluding steroid dienone is 3. The molecule has 0 heteroatoms. The average Bonchev–Trinajstić information content (AvgIpc) is 1.86. The molecule has 70 valence electrons. The van der Waals surface area contributed by atoms with Gasteiger partial charge >= 0.3 is 0 Å². The third-order valence-electron chi connectivity index (χ3n) is 2.37. The molecule has 0 aromatic rings. The molecule has 0 spiro atoms. The zero-order chi connectivity index (χ0) is 9.78. The molecule has 0 nitrogen and oxygen atoms in total. The molecule has 0 unspecified atom stereocenters. The van der Waals surface area contributed by atoms with Gasteiger partial charge in [0.1, 0.15) is 0 Å². The highest BCUT2D eigenvalue weighted by Gasteiger charge is 2.22. The Morgan fingerprint density at radius 1 is 1.42 bits per heavy atom. The van der Waals surface area contributed by atoms with Crippen molar-refractivity contribution in [3.05, 3.63) is 24.3 Å². The maximum absolute atomic E-state index is 3.79. The predicted molar refractivity (Wildman–Crippen MR) is 57.2 cm³/mol. The van der Waals surface area contributed by atoms with Crippen molar-refractivity contribution in [2.45, 2.75) is 41.0 Å². The van der Waals surface area contributed by atoms with Gasteiger partial charge in [0.25, 0.3) is 0 Å². The first kappa shape index (κ1) is 11.5. The van der Waals surface area contributed by atoms with E-state index in [2.05, 4.69) is 47.3 Å². The number of rotatable bonds is 4. The van der Waals surface area contributed by atoms with Crippen molar-refractivity contribution in [2.75, 3.05) is 0 Å². The van der Waals surface area contributed by atoms with Crippen molar-refractivity contribution in [1.82, 2.24) is 0 Å². The standard InChI is InChI=1S/C12H22/c1-7-9-12(5,6)11(8-2)10(3)4/h7-8,10H,1,9H2,2-6H3. The molecule has 0 aliphatic carbocycles. The minimum absolute atomic E-state index is 0.282. The van der Waals surface area contributed by atoms with E-state index in [9.17, 15) is 0 Å². The summed E-state index contributed by atoms with van der Waals surface area (Å²) in [6, 6.07) is 0. The second kappa shape index (κ2) is 4.49. The SMILES string of the molecule is C=CCC(C)(C)C(=CC)C(C)C. The highest BCUT2D eigenvalue weighted by atomic mass is 14.3. The van der Waals surface area contributed by atoms with Crippen molar-refractivity contribution in [2.24, 2.45) is 11.3 Å². The first-order chi connectivity index (χ1) is 5.45. The first-order valence-electron chi connectivity index (χ1n) is 4.73. The van der Waals surface area contributed by atoms with Gasteiger partial charge in [-0.1, -0.05) is 45.4 Å². The van der Waals surface area contributed by atoms with Crippen LogP contribution in [0.3, 0.4) is 0 Å². The molecule has 0 rings (SSSR count). The summed E-state index contributed by atoms with van der Waals surface area (Å²) < 4.78 is 0. The molecule has 0 fully saturated rings. The van der Waals surface area contributed by atoms with Crippen molar-refractivity contribution < 1.29 is 0 Å². The lowest BCUT2D eigenvalue weighted by molar-refractivity contribution is 0.408. The number of hydrogen-bond acceptors (Lipinski definition) is 0. The van der Waals surface area contributed by atoms with Crippen LogP contribution in [0.15, 0.2) is 24.3 Å². The van der Waals surface area contributed by atoms with Crippen LogP contribution in [0, 0.1) is 11.3 Å². The largest absolute Gasteiger partial charge is 0.103 e. The Kier molecular flexibility index (Phi) is 4.30. The van der Waals surface area contributed by atoms with Crippen LogP contribution in [-0.2, 0) is 0 Å². The van der Waals surface area contributed by atoms with E-state index in [1.54, 1.807) is 0 Å². The van der Waals surface area contributed by atoms with Gasteiger partial charge in [0.2, 0.25) is 0 Å². The van der Waals surface area contributed by atoms with Gasteiger partial charge in [-0.15, -0.1) is 6.58 Å². The van der Waals surface area contributed by atoms with Crippen LogP contribution in [0.2, 0.25) is 0 Å². The van der Waals surface area contributed by atoms with Crippen LogP contribution in [0.1, 0.15) is 41.0 Å². The van der Waals surface area contributed by atoms with E-state index >= 15 is 0 Å². The molecule has 0 aromatic heterocycles. The van der Waals surface area contributed by atoms with Crippen LogP contribution in [-0.4, -0.2) is 0 Å². The van der Waals surface area contributed by atoms with Crippen molar-refractivity contribution in [1.29, 1.82) is 0 Å². The Labute approximate surface area is 77.4 Å². The van der Waals surface area contributed by atoms with E-state index in [-0.39, 0.29) is 5.41 Å². The van der Waals surface area contributed by atoms with E-state index in [1.165, 1.54) is 5.57 Å². The lowest BCUT2D eigenvalue weighted by Gasteiger charge is -2.29. The highest BCUT2D eigenvalue weighted by molar-refractivity contribution is 5.14. The van der Waals surface area contributed by atoms with Crippen LogP contribution >= 0.6 is 0 Å². The molecule has 0 aromatic carbocycles. The first-order valence-corrected chi connectivity index (χ1v) is 4.73. The van der Waals surface area contributed by atoms with Gasteiger partial charge in [-0.2, -0.15) is 0 Å². The maximum Gasteiger partial charge on any atom is -0.0108 e. The predicted octanol–water partition coefficient (Wildman–Crippen LogP) is 4.19. The summed E-state index contributed by atoms with van der Waals surface area (Å²) in [6.07, 6.45) is 5.31. The molecule has 0 saturated heterocycles. The molecule has 0 radical (unpaired) electrons. The molecule has 12 heavy (non-hydrogen) atoms. The lowest BCUT2D eigenvalue weighted by atomic mass is 9.76. The van der Waals surface area contributed by atoms with Crippen LogP contribution in [0.5, 0.6) is 0 Å². The fourth-order valence-corrected chi connectivity index (χ4v) is 1.98. The zero-order valence-corrected chi connectivity index (χ0v) is 9.15. The summed E-state index contributed by atoms with van der Waals surface area (Å²) >= 11 is 0. The Morgan fingerprint density at radius 3 is 2.17 bits per heavy atom. The van der Waals surface area contributed by atoms with E-state index < -0.39 is 0 Å². The van der Waals surface area contributed by atoms with Crippen molar-refractivity contribution in [3.63, 3.8) is 0 Å². The van der Waals surface area contributed by atoms with Crippen molar-refractivity contribution in [3.8, 4) is 0 Å². The van der Waals surface area contributed by atoms with Gasteiger partial charge in [0.15, 0.2) is 0 Å². The summed E-state index contributed by atoms with van der Waals surface area (Å²) in [5.74, 6) is 0.643. The molecular weight excluding hydrogens is 144 g/mol. The minimum Gasteiger partial charge on any atom is -0.103 e. The molecule has 0 atom stereocenters. The topological polar surface area (TPSA) is 0 Å². The van der Waals surface area contributed by atoms with E-state index in [1.807, 2.05) is 6.08 Å². The fraction of sp³-hybridized carbons (Fsp3) is 0.667. The quantitative estimate of drug-likeness (QED) is 0.549. The molecule has 0 amide bonds. The minimum atomic E-state index is 0.282. The van der Waals surface area contributed by atoms with Gasteiger partial charge in [-0.05, 0) is 24.7 Å². The van der Waals surface area contributed by atoms with E-state index in [0.29, 0.717) is 5.92 Å². The summed E-state index contributed by atoms with van der Waals surface area (Å²) in [7, 11) is 0. The Balaban J connectivity index is 4.60. The van der Waals surface area contributed by atoms with Crippen LogP contribution < -0.4 is 0 Å². The summed E-state index contributed by atoms with van der Waals surface area (Å²) in [4.78, 5) is 0. The smallest absolute Gasteiger partial charge is 0.0108 e. The normalized spacial score (nSPS) is 13.7. The Hall–Kier alpha value is -0.520. The third-order valence-corrected chi connectivity index (χ3v) is 2.37. The van der Waals surface area contributed by atoms with Gasteiger partial charge in [-0.3, -0.25) is 0 Å². The molecule has 0 N–H and O–H groups in total. The third kappa shape index (κ3) is 2.84. The lowest BCUT2D eigenvalue weighted by Crippen LogP contribution is -2.17. The zero-order valence-electron chi connectivity index (χ0n) is 9.15. The van der Waals surface area contributed by atoms with Crippen LogP contribution in [0.4, 0.5) is 0 Å². The maximum atomic E-state index is 3.79. The fourth-order valence-electron chi connectivity index (χ4n) is 1.98. The van der Waals surface area contributed by atoms with E-state index in [4.69, 9.17) is 0 Å². The highest BCUT2D eigenvalue weighted by Crippen LogP contribution is 2.35. The molecule has 0 bridgehead atoms. The molecule has 0 aliphatic heterocycles. The Bertz CT molecular complexity index is 170. The van der Waals surface area contributed by atoms with Gasteiger partial charge in [0, 0.05) is 0 Å². The molecular formula is C12H22. The molecule has 0 saturated carbocycles. The van der Waals surface area contributed by atoms with Gasteiger partial charge < -0.3 is 0 Å². The second-order valence-electron chi connectivity index (χ2n) is 4.28. The average molecular weight is 166 g/mol.